The fourth-order valence-electron chi connectivity index (χ4n) is 4.23. The van der Waals surface area contributed by atoms with Crippen molar-refractivity contribution in [1.82, 2.24) is 29.3 Å². The Morgan fingerprint density at radius 2 is 1.84 bits per heavy atom. The summed E-state index contributed by atoms with van der Waals surface area (Å²) in [6.07, 6.45) is 4.17. The Morgan fingerprint density at radius 1 is 1.12 bits per heavy atom. The van der Waals surface area contributed by atoms with Crippen molar-refractivity contribution in [1.29, 1.82) is 0 Å². The quantitative estimate of drug-likeness (QED) is 0.682. The Hall–Kier alpha value is -3.10. The average Bonchev–Trinajstić information content (AvgIpc) is 2.76. The maximum Gasteiger partial charge on any atom is 0.348 e. The van der Waals surface area contributed by atoms with Gasteiger partial charge in [-0.2, -0.15) is 4.98 Å². The molecule has 1 unspecified atom stereocenters. The Morgan fingerprint density at radius 3 is 2.47 bits per heavy atom. The van der Waals surface area contributed by atoms with Crippen molar-refractivity contribution in [2.45, 2.75) is 66.5 Å². The first kappa shape index (κ1) is 23.6. The van der Waals surface area contributed by atoms with Gasteiger partial charge in [0, 0.05) is 37.2 Å². The molecular formula is C23H32N6O3. The van der Waals surface area contributed by atoms with Gasteiger partial charge in [-0.25, -0.2) is 14.8 Å². The van der Waals surface area contributed by atoms with Crippen LogP contribution in [0.15, 0.2) is 17.1 Å². The van der Waals surface area contributed by atoms with E-state index in [9.17, 15) is 14.4 Å². The lowest BCUT2D eigenvalue weighted by Gasteiger charge is -2.35. The highest BCUT2D eigenvalue weighted by atomic mass is 16.2. The van der Waals surface area contributed by atoms with Gasteiger partial charge in [-0.3, -0.25) is 14.2 Å². The minimum atomic E-state index is -0.421. The number of aryl methyl sites for hydroxylation is 3. The normalized spacial score (nSPS) is 16.2. The minimum Gasteiger partial charge on any atom is -0.339 e. The number of likely N-dealkylation sites (tertiary alicyclic amines) is 1. The van der Waals surface area contributed by atoms with Gasteiger partial charge in [0.2, 0.25) is 5.91 Å². The molecule has 172 valence electrons. The number of rotatable bonds is 6. The Kier molecular flexibility index (Phi) is 7.37. The third-order valence-corrected chi connectivity index (χ3v) is 6.04. The van der Waals surface area contributed by atoms with Crippen LogP contribution in [0.5, 0.6) is 0 Å². The van der Waals surface area contributed by atoms with Gasteiger partial charge >= 0.3 is 5.69 Å². The van der Waals surface area contributed by atoms with E-state index in [2.05, 4.69) is 15.0 Å². The van der Waals surface area contributed by atoms with Crippen molar-refractivity contribution in [2.24, 2.45) is 0 Å². The predicted octanol–water partition coefficient (Wildman–Crippen LogP) is 2.19. The van der Waals surface area contributed by atoms with Gasteiger partial charge < -0.3 is 9.80 Å². The van der Waals surface area contributed by atoms with E-state index >= 15 is 0 Å². The summed E-state index contributed by atoms with van der Waals surface area (Å²) in [6, 6.07) is 1.52. The SMILES string of the molecule is CCN(CC)C(=O)c1cnc(C2CCCCN2C(=O)Cn2c(C)cc(C)nc2=O)nc1C. The number of nitrogens with zero attached hydrogens (tertiary/aromatic N) is 6. The van der Waals surface area contributed by atoms with E-state index in [1.165, 1.54) is 4.57 Å². The molecule has 1 atom stereocenters. The van der Waals surface area contributed by atoms with Crippen LogP contribution in [0.4, 0.5) is 0 Å². The molecule has 1 saturated heterocycles. The first-order valence-corrected chi connectivity index (χ1v) is 11.2. The Bertz CT molecular complexity index is 1060. The Labute approximate surface area is 188 Å². The molecule has 2 amide bonds. The van der Waals surface area contributed by atoms with E-state index in [4.69, 9.17) is 0 Å². The largest absolute Gasteiger partial charge is 0.348 e. The molecule has 2 aromatic heterocycles. The molecule has 0 spiro atoms. The summed E-state index contributed by atoms with van der Waals surface area (Å²) < 4.78 is 1.40. The van der Waals surface area contributed by atoms with Crippen LogP contribution < -0.4 is 5.69 Å². The molecule has 0 N–H and O–H groups in total. The molecule has 3 rings (SSSR count). The van der Waals surface area contributed by atoms with Crippen LogP contribution in [0.1, 0.15) is 72.4 Å². The molecule has 9 heteroatoms. The molecular weight excluding hydrogens is 408 g/mol. The fourth-order valence-corrected chi connectivity index (χ4v) is 4.23. The second-order valence-electron chi connectivity index (χ2n) is 8.21. The molecule has 1 aliphatic heterocycles. The van der Waals surface area contributed by atoms with Crippen LogP contribution in [0.25, 0.3) is 0 Å². The van der Waals surface area contributed by atoms with Gasteiger partial charge in [0.1, 0.15) is 6.54 Å². The van der Waals surface area contributed by atoms with Crippen LogP contribution >= 0.6 is 0 Å². The molecule has 0 aliphatic carbocycles. The summed E-state index contributed by atoms with van der Waals surface area (Å²) in [5.74, 6) is 0.296. The van der Waals surface area contributed by atoms with Crippen LogP contribution in [-0.2, 0) is 11.3 Å². The zero-order valence-corrected chi connectivity index (χ0v) is 19.6. The number of carbonyl (C=O) groups excluding carboxylic acids is 2. The molecule has 0 bridgehead atoms. The zero-order chi connectivity index (χ0) is 23.4. The number of carbonyl (C=O) groups is 2. The molecule has 9 nitrogen and oxygen atoms in total. The predicted molar refractivity (Wildman–Crippen MR) is 120 cm³/mol. The summed E-state index contributed by atoms with van der Waals surface area (Å²) in [4.78, 5) is 54.8. The second kappa shape index (κ2) is 10.0. The van der Waals surface area contributed by atoms with E-state index in [0.717, 1.165) is 19.3 Å². The smallest absolute Gasteiger partial charge is 0.339 e. The molecule has 1 aliphatic rings. The van der Waals surface area contributed by atoms with E-state index in [1.54, 1.807) is 42.8 Å². The lowest BCUT2D eigenvalue weighted by Crippen LogP contribution is -2.43. The topological polar surface area (TPSA) is 101 Å². The molecule has 32 heavy (non-hydrogen) atoms. The average molecular weight is 441 g/mol. The highest BCUT2D eigenvalue weighted by Gasteiger charge is 2.31. The molecule has 1 fully saturated rings. The van der Waals surface area contributed by atoms with Crippen LogP contribution in [0.3, 0.4) is 0 Å². The molecule has 0 radical (unpaired) electrons. The zero-order valence-electron chi connectivity index (χ0n) is 19.6. The van der Waals surface area contributed by atoms with Gasteiger partial charge in [-0.15, -0.1) is 0 Å². The van der Waals surface area contributed by atoms with Crippen molar-refractivity contribution >= 4 is 11.8 Å². The number of hydrogen-bond donors (Lipinski definition) is 0. The number of piperidine rings is 1. The number of hydrogen-bond acceptors (Lipinski definition) is 6. The Balaban J connectivity index is 1.85. The summed E-state index contributed by atoms with van der Waals surface area (Å²) in [5, 5.41) is 0. The molecule has 0 saturated carbocycles. The van der Waals surface area contributed by atoms with Crippen LogP contribution in [-0.4, -0.2) is 60.8 Å². The van der Waals surface area contributed by atoms with Crippen molar-refractivity contribution in [3.05, 3.63) is 51.2 Å². The van der Waals surface area contributed by atoms with Gasteiger partial charge in [0.25, 0.3) is 5.91 Å². The molecule has 2 aromatic rings. The highest BCUT2D eigenvalue weighted by Crippen LogP contribution is 2.29. The van der Waals surface area contributed by atoms with E-state index in [0.29, 0.717) is 48.1 Å². The third-order valence-electron chi connectivity index (χ3n) is 6.04. The number of amides is 2. The lowest BCUT2D eigenvalue weighted by atomic mass is 10.0. The summed E-state index contributed by atoms with van der Waals surface area (Å²) in [7, 11) is 0. The van der Waals surface area contributed by atoms with Crippen LogP contribution in [0, 0.1) is 20.8 Å². The maximum atomic E-state index is 13.2. The van der Waals surface area contributed by atoms with Gasteiger partial charge in [-0.1, -0.05) is 0 Å². The monoisotopic (exact) mass is 440 g/mol. The first-order chi connectivity index (χ1) is 15.3. The van der Waals surface area contributed by atoms with Crippen molar-refractivity contribution in [3.8, 4) is 0 Å². The van der Waals surface area contributed by atoms with E-state index in [-0.39, 0.29) is 24.4 Å². The highest BCUT2D eigenvalue weighted by molar-refractivity contribution is 5.94. The number of aromatic nitrogens is 4. The van der Waals surface area contributed by atoms with E-state index < -0.39 is 5.69 Å². The van der Waals surface area contributed by atoms with Gasteiger partial charge in [0.15, 0.2) is 5.82 Å². The summed E-state index contributed by atoms with van der Waals surface area (Å²) >= 11 is 0. The fraction of sp³-hybridized carbons (Fsp3) is 0.565. The van der Waals surface area contributed by atoms with E-state index in [1.807, 2.05) is 13.8 Å². The first-order valence-electron chi connectivity index (χ1n) is 11.2. The van der Waals surface area contributed by atoms with Gasteiger partial charge in [0.05, 0.1) is 17.3 Å². The van der Waals surface area contributed by atoms with Crippen LogP contribution in [0.2, 0.25) is 0 Å². The summed E-state index contributed by atoms with van der Waals surface area (Å²) in [6.45, 7) is 11.0. The molecule has 3 heterocycles. The second-order valence-corrected chi connectivity index (χ2v) is 8.21. The van der Waals surface area contributed by atoms with Gasteiger partial charge in [-0.05, 0) is 59.9 Å². The lowest BCUT2D eigenvalue weighted by molar-refractivity contribution is -0.136. The third kappa shape index (κ3) is 4.87. The molecule has 0 aromatic carbocycles. The van der Waals surface area contributed by atoms with Crippen molar-refractivity contribution < 1.29 is 9.59 Å². The minimum absolute atomic E-state index is 0.0635. The maximum absolute atomic E-state index is 13.2. The summed E-state index contributed by atoms with van der Waals surface area (Å²) in [5.41, 5.74) is 2.01. The standard InChI is InChI=1S/C23H32N6O3/c1-6-27(7-2)22(31)18-13-24-21(26-17(18)5)19-10-8-9-11-28(19)20(30)14-29-16(4)12-15(3)25-23(29)32/h12-13,19H,6-11,14H2,1-5H3. The van der Waals surface area contributed by atoms with Crippen molar-refractivity contribution in [2.75, 3.05) is 19.6 Å². The van der Waals surface area contributed by atoms with Crippen molar-refractivity contribution in [3.63, 3.8) is 0 Å².